The first-order chi connectivity index (χ1) is 8.06. The zero-order valence-corrected chi connectivity index (χ0v) is 11.9. The van der Waals surface area contributed by atoms with E-state index in [0.29, 0.717) is 5.56 Å². The Labute approximate surface area is 110 Å². The Bertz CT molecular complexity index is 421. The summed E-state index contributed by atoms with van der Waals surface area (Å²) in [7, 11) is 1.83. The number of alkyl halides is 1. The fraction of sp³-hybridized carbons (Fsp3) is 0.667. The summed E-state index contributed by atoms with van der Waals surface area (Å²) in [5.74, 6) is -0.00282. The first-order valence-corrected chi connectivity index (χ1v) is 7.07. The molecule has 1 aliphatic rings. The van der Waals surface area contributed by atoms with Crippen LogP contribution in [0.2, 0.25) is 0 Å². The molecule has 0 unspecified atom stereocenters. The molecule has 17 heavy (non-hydrogen) atoms. The molecule has 0 radical (unpaired) electrons. The van der Waals surface area contributed by atoms with Crippen LogP contribution >= 0.6 is 15.9 Å². The van der Waals surface area contributed by atoms with Crippen molar-refractivity contribution >= 4 is 21.8 Å². The van der Waals surface area contributed by atoms with Crippen LogP contribution in [-0.4, -0.2) is 26.6 Å². The monoisotopic (exact) mass is 299 g/mol. The highest BCUT2D eigenvalue weighted by atomic mass is 79.9. The number of aromatic nitrogens is 2. The van der Waals surface area contributed by atoms with Crippen LogP contribution in [0.15, 0.2) is 6.20 Å². The van der Waals surface area contributed by atoms with E-state index in [1.54, 1.807) is 10.9 Å². The molecule has 1 aliphatic carbocycles. The molecule has 0 aliphatic heterocycles. The van der Waals surface area contributed by atoms with Gasteiger partial charge in [-0.2, -0.15) is 5.10 Å². The Morgan fingerprint density at radius 3 is 2.71 bits per heavy atom. The molecule has 2 rings (SSSR count). The van der Waals surface area contributed by atoms with Crippen molar-refractivity contribution in [3.63, 3.8) is 0 Å². The molecule has 1 fully saturated rings. The summed E-state index contributed by atoms with van der Waals surface area (Å²) in [5, 5.41) is 8.20. The summed E-state index contributed by atoms with van der Waals surface area (Å²) in [6.07, 6.45) is 6.28. The third-order valence-corrected chi connectivity index (χ3v) is 4.53. The Kier molecular flexibility index (Phi) is 3.56. The second-order valence-electron chi connectivity index (χ2n) is 4.88. The molecule has 1 aromatic heterocycles. The standard InChI is InChI=1S/C12H18BrN3O/c1-9-10(7-16(2)15-9)11(17)14-12(8-13)5-3-4-6-12/h7H,3-6,8H2,1-2H3,(H,14,17). The van der Waals surface area contributed by atoms with E-state index in [4.69, 9.17) is 0 Å². The molecule has 0 bridgehead atoms. The molecule has 5 heteroatoms. The minimum Gasteiger partial charge on any atom is -0.346 e. The fourth-order valence-electron chi connectivity index (χ4n) is 2.47. The van der Waals surface area contributed by atoms with Gasteiger partial charge >= 0.3 is 0 Å². The summed E-state index contributed by atoms with van der Waals surface area (Å²) in [6.45, 7) is 1.87. The third kappa shape index (κ3) is 2.54. The van der Waals surface area contributed by atoms with Crippen molar-refractivity contribution in [3.8, 4) is 0 Å². The van der Waals surface area contributed by atoms with E-state index in [-0.39, 0.29) is 11.4 Å². The molecule has 0 atom stereocenters. The van der Waals surface area contributed by atoms with E-state index in [2.05, 4.69) is 26.3 Å². The molecule has 0 saturated heterocycles. The lowest BCUT2D eigenvalue weighted by atomic mass is 10.00. The number of carbonyl (C=O) groups excluding carboxylic acids is 1. The predicted molar refractivity (Wildman–Crippen MR) is 70.4 cm³/mol. The maximum absolute atomic E-state index is 12.2. The zero-order valence-electron chi connectivity index (χ0n) is 10.3. The average Bonchev–Trinajstić information content (AvgIpc) is 2.86. The van der Waals surface area contributed by atoms with Crippen molar-refractivity contribution in [3.05, 3.63) is 17.5 Å². The van der Waals surface area contributed by atoms with E-state index in [9.17, 15) is 4.79 Å². The zero-order chi connectivity index (χ0) is 12.5. The minimum atomic E-state index is -0.0562. The van der Waals surface area contributed by atoms with E-state index >= 15 is 0 Å². The van der Waals surface area contributed by atoms with Gasteiger partial charge in [0.25, 0.3) is 5.91 Å². The molecule has 1 N–H and O–H groups in total. The summed E-state index contributed by atoms with van der Waals surface area (Å²) in [5.41, 5.74) is 1.41. The lowest BCUT2D eigenvalue weighted by Gasteiger charge is -2.27. The van der Waals surface area contributed by atoms with Crippen LogP contribution in [-0.2, 0) is 7.05 Å². The van der Waals surface area contributed by atoms with Crippen molar-refractivity contribution in [2.45, 2.75) is 38.1 Å². The lowest BCUT2D eigenvalue weighted by Crippen LogP contribution is -2.47. The lowest BCUT2D eigenvalue weighted by molar-refractivity contribution is 0.0909. The number of nitrogens with one attached hydrogen (secondary N) is 1. The summed E-state index contributed by atoms with van der Waals surface area (Å²) in [4.78, 5) is 12.2. The quantitative estimate of drug-likeness (QED) is 0.870. The van der Waals surface area contributed by atoms with Crippen LogP contribution in [0.4, 0.5) is 0 Å². The second kappa shape index (κ2) is 4.80. The molecule has 1 aromatic rings. The van der Waals surface area contributed by atoms with Gasteiger partial charge in [0.2, 0.25) is 0 Å². The van der Waals surface area contributed by atoms with Gasteiger partial charge < -0.3 is 5.32 Å². The largest absolute Gasteiger partial charge is 0.346 e. The van der Waals surface area contributed by atoms with Crippen LogP contribution < -0.4 is 5.32 Å². The SMILES string of the molecule is Cc1nn(C)cc1C(=O)NC1(CBr)CCCC1. The van der Waals surface area contributed by atoms with Crippen LogP contribution in [0.25, 0.3) is 0 Å². The second-order valence-corrected chi connectivity index (χ2v) is 5.44. The number of aryl methyl sites for hydroxylation is 2. The van der Waals surface area contributed by atoms with Gasteiger partial charge in [0.1, 0.15) is 0 Å². The van der Waals surface area contributed by atoms with E-state index in [1.807, 2.05) is 14.0 Å². The highest BCUT2D eigenvalue weighted by Gasteiger charge is 2.34. The number of amides is 1. The van der Waals surface area contributed by atoms with Crippen molar-refractivity contribution < 1.29 is 4.79 Å². The Morgan fingerprint density at radius 2 is 2.24 bits per heavy atom. The molecule has 1 saturated carbocycles. The minimum absolute atomic E-state index is 0.00282. The van der Waals surface area contributed by atoms with Crippen molar-refractivity contribution in [2.24, 2.45) is 7.05 Å². The molecule has 1 amide bonds. The highest BCUT2D eigenvalue weighted by Crippen LogP contribution is 2.31. The predicted octanol–water partition coefficient (Wildman–Crippen LogP) is 2.17. The highest BCUT2D eigenvalue weighted by molar-refractivity contribution is 9.09. The van der Waals surface area contributed by atoms with Crippen LogP contribution in [0.5, 0.6) is 0 Å². The third-order valence-electron chi connectivity index (χ3n) is 3.45. The number of hydrogen-bond acceptors (Lipinski definition) is 2. The van der Waals surface area contributed by atoms with Crippen LogP contribution in [0.1, 0.15) is 41.7 Å². The van der Waals surface area contributed by atoms with Gasteiger partial charge in [0, 0.05) is 18.6 Å². The Balaban J connectivity index is 2.13. The molecule has 0 spiro atoms. The summed E-state index contributed by atoms with van der Waals surface area (Å²) in [6, 6.07) is 0. The van der Waals surface area contributed by atoms with Crippen molar-refractivity contribution in [2.75, 3.05) is 5.33 Å². The maximum Gasteiger partial charge on any atom is 0.255 e. The maximum atomic E-state index is 12.2. The smallest absolute Gasteiger partial charge is 0.255 e. The topological polar surface area (TPSA) is 46.9 Å². The molecular weight excluding hydrogens is 282 g/mol. The van der Waals surface area contributed by atoms with Gasteiger partial charge in [-0.15, -0.1) is 0 Å². The Hall–Kier alpha value is -0.840. The molecule has 94 valence electrons. The number of carbonyl (C=O) groups is 1. The van der Waals surface area contributed by atoms with Gasteiger partial charge in [-0.05, 0) is 19.8 Å². The van der Waals surface area contributed by atoms with Crippen molar-refractivity contribution in [1.82, 2.24) is 15.1 Å². The van der Waals surface area contributed by atoms with Gasteiger partial charge in [0.05, 0.1) is 16.8 Å². The molecule has 4 nitrogen and oxygen atoms in total. The molecule has 1 heterocycles. The number of halogens is 1. The fourth-order valence-corrected chi connectivity index (χ4v) is 3.18. The normalized spacial score (nSPS) is 18.3. The first kappa shape index (κ1) is 12.6. The average molecular weight is 300 g/mol. The van der Waals surface area contributed by atoms with Crippen molar-refractivity contribution in [1.29, 1.82) is 0 Å². The Morgan fingerprint density at radius 1 is 1.59 bits per heavy atom. The van der Waals surface area contributed by atoms with Gasteiger partial charge in [-0.25, -0.2) is 0 Å². The molecular formula is C12H18BrN3O. The summed E-state index contributed by atoms with van der Waals surface area (Å²) < 4.78 is 1.68. The van der Waals surface area contributed by atoms with Crippen LogP contribution in [0.3, 0.4) is 0 Å². The number of nitrogens with zero attached hydrogens (tertiary/aromatic N) is 2. The van der Waals surface area contributed by atoms with Gasteiger partial charge in [-0.1, -0.05) is 28.8 Å². The van der Waals surface area contributed by atoms with Gasteiger partial charge in [-0.3, -0.25) is 9.48 Å². The van der Waals surface area contributed by atoms with E-state index < -0.39 is 0 Å². The van der Waals surface area contributed by atoms with E-state index in [0.717, 1.165) is 23.9 Å². The number of hydrogen-bond donors (Lipinski definition) is 1. The van der Waals surface area contributed by atoms with Gasteiger partial charge in [0.15, 0.2) is 0 Å². The first-order valence-electron chi connectivity index (χ1n) is 5.95. The van der Waals surface area contributed by atoms with E-state index in [1.165, 1.54) is 12.8 Å². The van der Waals surface area contributed by atoms with Crippen LogP contribution in [0, 0.1) is 6.92 Å². The number of rotatable bonds is 3. The summed E-state index contributed by atoms with van der Waals surface area (Å²) >= 11 is 3.52. The molecule has 0 aromatic carbocycles.